The minimum Gasteiger partial charge on any atom is -0.492 e. The maximum absolute atomic E-state index is 13.3. The maximum Gasteiger partial charge on any atom is 0.329 e. The second kappa shape index (κ2) is 15.4. The fourth-order valence-corrected chi connectivity index (χ4v) is 4.79. The Kier molecular flexibility index (Phi) is 12.9. The van der Waals surface area contributed by atoms with E-state index >= 15 is 0 Å². The molecule has 0 aliphatic carbocycles. The van der Waals surface area contributed by atoms with Crippen LogP contribution in [0, 0.1) is 6.92 Å². The van der Waals surface area contributed by atoms with E-state index in [1.165, 1.54) is 0 Å². The Morgan fingerprint density at radius 3 is 2.44 bits per heavy atom. The van der Waals surface area contributed by atoms with E-state index in [-0.39, 0.29) is 56.6 Å². The van der Waals surface area contributed by atoms with Crippen LogP contribution in [-0.4, -0.2) is 72.9 Å². The number of carbonyl (C=O) groups excluding carboxylic acids is 1. The lowest BCUT2D eigenvalue weighted by Gasteiger charge is -2.33. The van der Waals surface area contributed by atoms with Crippen molar-refractivity contribution in [1.82, 2.24) is 15.2 Å². The highest BCUT2D eigenvalue weighted by Gasteiger charge is 2.42. The van der Waals surface area contributed by atoms with Gasteiger partial charge >= 0.3 is 5.97 Å². The summed E-state index contributed by atoms with van der Waals surface area (Å²) < 4.78 is 11.3. The SMILES string of the molecule is Cc1ccccc1-c1ccc(C(=O)NC2(C(=O)O)CCOCC2)nc1-c1ccc(Cl)c(OCCCN(C)C)c1.Cl.Cl. The van der Waals surface area contributed by atoms with Crippen LogP contribution in [0.3, 0.4) is 0 Å². The highest BCUT2D eigenvalue weighted by atomic mass is 35.5. The van der Waals surface area contributed by atoms with Crippen LogP contribution < -0.4 is 10.1 Å². The number of pyridine rings is 1. The second-order valence-electron chi connectivity index (χ2n) is 10.0. The first-order valence-corrected chi connectivity index (χ1v) is 13.4. The number of nitrogens with zero attached hydrogens (tertiary/aromatic N) is 2. The van der Waals surface area contributed by atoms with Crippen molar-refractivity contribution in [3.8, 4) is 28.1 Å². The van der Waals surface area contributed by atoms with E-state index in [0.29, 0.717) is 23.1 Å². The molecule has 11 heteroatoms. The number of aromatic nitrogens is 1. The van der Waals surface area contributed by atoms with Crippen LogP contribution in [0.25, 0.3) is 22.4 Å². The molecule has 3 aromatic rings. The maximum atomic E-state index is 13.3. The van der Waals surface area contributed by atoms with Gasteiger partial charge in [-0.25, -0.2) is 9.78 Å². The second-order valence-corrected chi connectivity index (χ2v) is 10.4. The molecule has 1 aromatic heterocycles. The van der Waals surface area contributed by atoms with Crippen LogP contribution in [0.2, 0.25) is 5.02 Å². The molecule has 1 saturated heterocycles. The lowest BCUT2D eigenvalue weighted by atomic mass is 9.90. The first-order valence-electron chi connectivity index (χ1n) is 13.0. The highest BCUT2D eigenvalue weighted by Crippen LogP contribution is 2.36. The zero-order valence-corrected chi connectivity index (χ0v) is 25.7. The Morgan fingerprint density at radius 1 is 1.07 bits per heavy atom. The first kappa shape index (κ1) is 34.3. The van der Waals surface area contributed by atoms with Crippen LogP contribution in [0.15, 0.2) is 54.6 Å². The molecule has 41 heavy (non-hydrogen) atoms. The summed E-state index contributed by atoms with van der Waals surface area (Å²) in [5.41, 5.74) is 2.90. The minimum absolute atomic E-state index is 0. The van der Waals surface area contributed by atoms with Crippen LogP contribution in [0.5, 0.6) is 5.75 Å². The minimum atomic E-state index is -1.39. The summed E-state index contributed by atoms with van der Waals surface area (Å²) in [6.45, 7) is 3.93. The van der Waals surface area contributed by atoms with E-state index in [1.807, 2.05) is 63.5 Å². The number of amides is 1. The Labute approximate surface area is 258 Å². The van der Waals surface area contributed by atoms with Gasteiger partial charge < -0.3 is 24.8 Å². The van der Waals surface area contributed by atoms with Gasteiger partial charge in [-0.1, -0.05) is 41.9 Å². The number of hydrogen-bond donors (Lipinski definition) is 2. The quantitative estimate of drug-likeness (QED) is 0.270. The van der Waals surface area contributed by atoms with Crippen molar-refractivity contribution in [2.75, 3.05) is 40.5 Å². The Balaban J connectivity index is 0.00000294. The third-order valence-electron chi connectivity index (χ3n) is 6.88. The topological polar surface area (TPSA) is 101 Å². The normalized spacial score (nSPS) is 14.0. The fraction of sp³-hybridized carbons (Fsp3) is 0.367. The summed E-state index contributed by atoms with van der Waals surface area (Å²) >= 11 is 6.46. The number of hydrogen-bond acceptors (Lipinski definition) is 6. The van der Waals surface area contributed by atoms with Crippen molar-refractivity contribution in [3.05, 3.63) is 70.9 Å². The van der Waals surface area contributed by atoms with E-state index in [4.69, 9.17) is 26.1 Å². The fourth-order valence-electron chi connectivity index (χ4n) is 4.62. The Bertz CT molecular complexity index is 1350. The highest BCUT2D eigenvalue weighted by molar-refractivity contribution is 6.32. The standard InChI is InChI=1S/C30H34ClN3O5.2ClH/c1-20-7-4-5-8-22(20)23-10-12-25(28(35)33-30(29(36)37)13-17-38-18-14-30)32-27(23)21-9-11-24(31)26(19-21)39-16-6-15-34(2)3;;/h4-5,7-12,19H,6,13-18H2,1-3H3,(H,33,35)(H,36,37);2*1H. The van der Waals surface area contributed by atoms with Gasteiger partial charge in [-0.2, -0.15) is 0 Å². The molecule has 0 bridgehead atoms. The third-order valence-corrected chi connectivity index (χ3v) is 7.20. The average Bonchev–Trinajstić information content (AvgIpc) is 2.92. The molecule has 0 atom stereocenters. The lowest BCUT2D eigenvalue weighted by Crippen LogP contribution is -2.57. The van der Waals surface area contributed by atoms with Crippen LogP contribution in [0.4, 0.5) is 0 Å². The number of aryl methyl sites for hydroxylation is 1. The molecule has 0 radical (unpaired) electrons. The number of carboxylic acid groups (broad SMARTS) is 1. The average molecular weight is 625 g/mol. The monoisotopic (exact) mass is 623 g/mol. The predicted octanol–water partition coefficient (Wildman–Crippen LogP) is 5.92. The predicted molar refractivity (Wildman–Crippen MR) is 166 cm³/mol. The molecule has 1 fully saturated rings. The van der Waals surface area contributed by atoms with E-state index in [0.717, 1.165) is 35.2 Å². The summed E-state index contributed by atoms with van der Waals surface area (Å²) in [5.74, 6) is -1.09. The Hall–Kier alpha value is -2.88. The molecule has 0 saturated carbocycles. The van der Waals surface area contributed by atoms with Crippen molar-refractivity contribution < 1.29 is 24.2 Å². The summed E-state index contributed by atoms with van der Waals surface area (Å²) in [5, 5.41) is 13.1. The van der Waals surface area contributed by atoms with E-state index < -0.39 is 17.4 Å². The lowest BCUT2D eigenvalue weighted by molar-refractivity contribution is -0.148. The summed E-state index contributed by atoms with van der Waals surface area (Å²) in [6, 6.07) is 16.9. The molecule has 2 heterocycles. The molecule has 1 amide bonds. The van der Waals surface area contributed by atoms with Gasteiger partial charge in [0, 0.05) is 43.7 Å². The molecule has 1 aliphatic heterocycles. The number of rotatable bonds is 10. The van der Waals surface area contributed by atoms with Gasteiger partial charge in [0.25, 0.3) is 5.91 Å². The van der Waals surface area contributed by atoms with Gasteiger partial charge in [0.05, 0.1) is 17.3 Å². The van der Waals surface area contributed by atoms with Crippen molar-refractivity contribution in [1.29, 1.82) is 0 Å². The van der Waals surface area contributed by atoms with Gasteiger partial charge in [0.15, 0.2) is 0 Å². The number of halogens is 3. The van der Waals surface area contributed by atoms with Crippen molar-refractivity contribution in [2.45, 2.75) is 31.7 Å². The van der Waals surface area contributed by atoms with Gasteiger partial charge in [0.2, 0.25) is 0 Å². The summed E-state index contributed by atoms with van der Waals surface area (Å²) in [4.78, 5) is 32.3. The van der Waals surface area contributed by atoms with Gasteiger partial charge in [-0.15, -0.1) is 24.8 Å². The molecule has 4 rings (SSSR count). The molecule has 2 N–H and O–H groups in total. The zero-order chi connectivity index (χ0) is 28.0. The zero-order valence-electron chi connectivity index (χ0n) is 23.3. The first-order chi connectivity index (χ1) is 18.7. The number of carbonyl (C=O) groups is 2. The van der Waals surface area contributed by atoms with E-state index in [1.54, 1.807) is 12.1 Å². The number of nitrogens with one attached hydrogen (secondary N) is 1. The third kappa shape index (κ3) is 8.33. The number of aliphatic carboxylic acids is 1. The molecule has 8 nitrogen and oxygen atoms in total. The summed E-state index contributed by atoms with van der Waals surface area (Å²) in [6.07, 6.45) is 1.22. The van der Waals surface area contributed by atoms with Crippen molar-refractivity contribution in [2.24, 2.45) is 0 Å². The molecule has 222 valence electrons. The van der Waals surface area contributed by atoms with Gasteiger partial charge in [0.1, 0.15) is 17.0 Å². The number of carboxylic acids is 1. The molecule has 2 aromatic carbocycles. The molecular weight excluding hydrogens is 589 g/mol. The van der Waals surface area contributed by atoms with Gasteiger partial charge in [-0.05, 0) is 62.8 Å². The van der Waals surface area contributed by atoms with Crippen LogP contribution in [0.1, 0.15) is 35.3 Å². The Morgan fingerprint density at radius 2 is 1.78 bits per heavy atom. The molecular formula is C30H36Cl3N3O5. The van der Waals surface area contributed by atoms with Crippen molar-refractivity contribution >= 4 is 48.3 Å². The van der Waals surface area contributed by atoms with E-state index in [9.17, 15) is 14.7 Å². The summed E-state index contributed by atoms with van der Waals surface area (Å²) in [7, 11) is 4.02. The molecule has 0 unspecified atom stereocenters. The van der Waals surface area contributed by atoms with Gasteiger partial charge in [-0.3, -0.25) is 4.79 Å². The molecule has 0 spiro atoms. The smallest absolute Gasteiger partial charge is 0.329 e. The number of ether oxygens (including phenoxy) is 2. The number of benzene rings is 2. The largest absolute Gasteiger partial charge is 0.492 e. The van der Waals surface area contributed by atoms with Crippen molar-refractivity contribution in [3.63, 3.8) is 0 Å². The van der Waals surface area contributed by atoms with E-state index in [2.05, 4.69) is 10.2 Å². The van der Waals surface area contributed by atoms with Crippen LogP contribution in [-0.2, 0) is 9.53 Å². The molecule has 1 aliphatic rings. The van der Waals surface area contributed by atoms with Crippen LogP contribution >= 0.6 is 36.4 Å².